The van der Waals surface area contributed by atoms with Crippen molar-refractivity contribution in [2.75, 3.05) is 24.3 Å². The van der Waals surface area contributed by atoms with Crippen molar-refractivity contribution in [3.8, 4) is 11.3 Å². The van der Waals surface area contributed by atoms with E-state index in [9.17, 15) is 18.0 Å². The maximum Gasteiger partial charge on any atom is 0.417 e. The molecule has 168 valence electrons. The summed E-state index contributed by atoms with van der Waals surface area (Å²) in [5.41, 5.74) is 1.77. The second-order valence-corrected chi connectivity index (χ2v) is 7.98. The highest BCUT2D eigenvalue weighted by Crippen LogP contribution is 2.36. The van der Waals surface area contributed by atoms with Crippen LogP contribution >= 0.6 is 11.8 Å². The average Bonchev–Trinajstić information content (AvgIpc) is 3.23. The minimum absolute atomic E-state index is 0.212. The Bertz CT molecular complexity index is 1090. The molecule has 0 aliphatic carbocycles. The lowest BCUT2D eigenvalue weighted by Gasteiger charge is -2.17. The van der Waals surface area contributed by atoms with Crippen molar-refractivity contribution in [1.29, 1.82) is 0 Å². The van der Waals surface area contributed by atoms with E-state index in [0.717, 1.165) is 41.3 Å². The van der Waals surface area contributed by atoms with Gasteiger partial charge in [-0.1, -0.05) is 13.0 Å². The number of pyridine rings is 3. The fourth-order valence-corrected chi connectivity index (χ4v) is 4.15. The van der Waals surface area contributed by atoms with Crippen LogP contribution < -0.4 is 9.88 Å². The van der Waals surface area contributed by atoms with E-state index in [-0.39, 0.29) is 18.1 Å². The van der Waals surface area contributed by atoms with Gasteiger partial charge in [0, 0.05) is 32.5 Å². The minimum atomic E-state index is -4.51. The normalized spacial score (nSPS) is 12.8. The largest absolute Gasteiger partial charge is 0.417 e. The molecule has 4 heterocycles. The zero-order valence-corrected chi connectivity index (χ0v) is 18.3. The number of H-pyrrole nitrogens is 1. The Morgan fingerprint density at radius 3 is 2.69 bits per heavy atom. The highest BCUT2D eigenvalue weighted by Gasteiger charge is 2.36. The summed E-state index contributed by atoms with van der Waals surface area (Å²) in [4.78, 5) is 26.7. The minimum Gasteiger partial charge on any atom is -0.400 e. The van der Waals surface area contributed by atoms with E-state index < -0.39 is 11.7 Å². The van der Waals surface area contributed by atoms with Crippen LogP contribution in [0, 0.1) is 0 Å². The number of anilines is 1. The van der Waals surface area contributed by atoms with E-state index in [0.29, 0.717) is 17.8 Å². The molecule has 0 radical (unpaired) electrons. The first-order valence-electron chi connectivity index (χ1n) is 9.81. The monoisotopic (exact) mass is 463 g/mol. The predicted molar refractivity (Wildman–Crippen MR) is 115 cm³/mol. The topological polar surface area (TPSA) is 80.5 Å². The van der Waals surface area contributed by atoms with E-state index >= 15 is 0 Å². The number of thioether (sulfide) groups is 1. The number of aromatic nitrogens is 3. The molecule has 2 N–H and O–H groups in total. The molecule has 0 saturated heterocycles. The molecule has 1 aliphatic heterocycles. The molecule has 0 fully saturated rings. The number of rotatable bonds is 4. The molecule has 6 nitrogen and oxygen atoms in total. The molecule has 0 unspecified atom stereocenters. The summed E-state index contributed by atoms with van der Waals surface area (Å²) in [6.07, 6.45) is 0.101. The van der Waals surface area contributed by atoms with E-state index in [1.165, 1.54) is 16.7 Å². The van der Waals surface area contributed by atoms with Gasteiger partial charge < -0.3 is 10.0 Å². The van der Waals surface area contributed by atoms with Crippen LogP contribution in [0.1, 0.15) is 28.7 Å². The number of aliphatic hydroxyl groups is 1. The summed E-state index contributed by atoms with van der Waals surface area (Å²) in [6, 6.07) is 8.44. The van der Waals surface area contributed by atoms with Gasteiger partial charge in [-0.25, -0.2) is 4.98 Å². The van der Waals surface area contributed by atoms with Crippen LogP contribution in [0.3, 0.4) is 0 Å². The lowest BCUT2D eigenvalue weighted by atomic mass is 10.1. The molecule has 0 bridgehead atoms. The van der Waals surface area contributed by atoms with Gasteiger partial charge >= 0.3 is 12.1 Å². The van der Waals surface area contributed by atoms with E-state index in [1.807, 2.05) is 31.2 Å². The highest BCUT2D eigenvalue weighted by molar-refractivity contribution is 7.99. The number of aliphatic hydroxyl groups excluding tert-OH is 1. The third-order valence-electron chi connectivity index (χ3n) is 4.76. The number of carbonyl (C=O) groups excluding carboxylic acids is 1. The molecule has 4 rings (SSSR count). The first-order chi connectivity index (χ1) is 15.4. The molecule has 0 saturated carbocycles. The first-order valence-corrected chi connectivity index (χ1v) is 10.8. The third kappa shape index (κ3) is 4.91. The van der Waals surface area contributed by atoms with Crippen molar-refractivity contribution in [2.45, 2.75) is 24.4 Å². The summed E-state index contributed by atoms with van der Waals surface area (Å²) in [6.45, 7) is 2.26. The van der Waals surface area contributed by atoms with Crippen LogP contribution in [-0.2, 0) is 12.6 Å². The fraction of sp³-hybridized carbons (Fsp3) is 0.273. The first kappa shape index (κ1) is 23.7. The van der Waals surface area contributed by atoms with Crippen molar-refractivity contribution < 1.29 is 28.1 Å². The van der Waals surface area contributed by atoms with Crippen LogP contribution in [0.5, 0.6) is 0 Å². The van der Waals surface area contributed by atoms with Gasteiger partial charge in [0.1, 0.15) is 0 Å². The van der Waals surface area contributed by atoms with Crippen LogP contribution in [0.15, 0.2) is 53.8 Å². The van der Waals surface area contributed by atoms with Gasteiger partial charge in [0.2, 0.25) is 0 Å². The third-order valence-corrected chi connectivity index (χ3v) is 5.68. The molecule has 3 aromatic heterocycles. The number of hydrogen-bond acceptors (Lipinski definition) is 5. The summed E-state index contributed by atoms with van der Waals surface area (Å²) in [7, 11) is 1.00. The summed E-state index contributed by atoms with van der Waals surface area (Å²) in [5.74, 6) is 0.356. The number of amides is 1. The second-order valence-electron chi connectivity index (χ2n) is 6.67. The number of fused-ring (bicyclic) bond motifs is 1. The predicted octanol–water partition coefficient (Wildman–Crippen LogP) is 3.90. The zero-order chi connectivity index (χ0) is 23.3. The van der Waals surface area contributed by atoms with Gasteiger partial charge in [-0.05, 0) is 30.0 Å². The lowest BCUT2D eigenvalue weighted by Crippen LogP contribution is -2.34. The molecule has 3 aromatic rings. The quantitative estimate of drug-likeness (QED) is 0.594. The number of aromatic amines is 1. The smallest absolute Gasteiger partial charge is 0.400 e. The number of hydrogen-bond donors (Lipinski definition) is 1. The molecule has 0 aromatic carbocycles. The number of nitrogens with zero attached hydrogens (tertiary/aromatic N) is 3. The van der Waals surface area contributed by atoms with Crippen molar-refractivity contribution in [3.63, 3.8) is 0 Å². The van der Waals surface area contributed by atoms with Crippen molar-refractivity contribution >= 4 is 23.4 Å². The summed E-state index contributed by atoms with van der Waals surface area (Å²) in [5, 5.41) is 7.00. The van der Waals surface area contributed by atoms with Crippen LogP contribution in [0.25, 0.3) is 11.3 Å². The van der Waals surface area contributed by atoms with Gasteiger partial charge in [-0.2, -0.15) is 13.2 Å². The van der Waals surface area contributed by atoms with Crippen LogP contribution in [-0.4, -0.2) is 40.4 Å². The van der Waals surface area contributed by atoms with Gasteiger partial charge in [0.25, 0.3) is 5.69 Å². The standard InChI is InChI=1S/C21H17F3N4OS.CH4O/c1-2-30-18-9-13(15-5-3-4-7-25-15)11-27-19(18)20(29)28-8-6-16-17(28)10-14(12-26-16)21(22,23)24;1-2/h3-5,7,9-12H,2,6,8H2,1H3;2H,1H3/p+1. The highest BCUT2D eigenvalue weighted by atomic mass is 32.2. The zero-order valence-electron chi connectivity index (χ0n) is 17.5. The Morgan fingerprint density at radius 1 is 1.25 bits per heavy atom. The molecule has 0 atom stereocenters. The van der Waals surface area contributed by atoms with E-state index in [2.05, 4.69) is 15.0 Å². The van der Waals surface area contributed by atoms with Gasteiger partial charge in [-0.3, -0.25) is 14.8 Å². The molecular weight excluding hydrogens is 441 g/mol. The molecule has 32 heavy (non-hydrogen) atoms. The second kappa shape index (κ2) is 10.1. The Balaban J connectivity index is 0.00000141. The fourth-order valence-electron chi connectivity index (χ4n) is 3.34. The van der Waals surface area contributed by atoms with E-state index in [1.54, 1.807) is 12.4 Å². The summed E-state index contributed by atoms with van der Waals surface area (Å²) >= 11 is 1.48. The molecule has 0 spiro atoms. The van der Waals surface area contributed by atoms with E-state index in [4.69, 9.17) is 5.11 Å². The molecule has 10 heteroatoms. The summed E-state index contributed by atoms with van der Waals surface area (Å²) < 4.78 is 39.4. The van der Waals surface area contributed by atoms with Crippen molar-refractivity contribution in [3.05, 3.63) is 65.9 Å². The number of halogens is 3. The number of carbonyl (C=O) groups is 1. The number of alkyl halides is 3. The van der Waals surface area contributed by atoms with Gasteiger partial charge in [0.15, 0.2) is 6.20 Å². The maximum absolute atomic E-state index is 13.3. The Labute approximate surface area is 187 Å². The van der Waals surface area contributed by atoms with Crippen molar-refractivity contribution in [2.24, 2.45) is 0 Å². The van der Waals surface area contributed by atoms with Gasteiger partial charge in [-0.15, -0.1) is 11.8 Å². The van der Waals surface area contributed by atoms with Gasteiger partial charge in [0.05, 0.1) is 33.1 Å². The maximum atomic E-state index is 13.3. The number of nitrogens with one attached hydrogen (secondary N) is 1. The molecular formula is C22H22F3N4O2S+. The van der Waals surface area contributed by atoms with Crippen LogP contribution in [0.4, 0.5) is 18.9 Å². The van der Waals surface area contributed by atoms with Crippen LogP contribution in [0.2, 0.25) is 0 Å². The lowest BCUT2D eigenvalue weighted by molar-refractivity contribution is -0.384. The average molecular weight is 464 g/mol. The Morgan fingerprint density at radius 2 is 2.03 bits per heavy atom. The SMILES string of the molecule is CCSc1cc(-c2ccccn2)c[nH+]c1C(=O)N1CCc2ncc(C(F)(F)F)cc21.CO. The Kier molecular flexibility index (Phi) is 7.47. The molecule has 1 aliphatic rings. The van der Waals surface area contributed by atoms with Crippen molar-refractivity contribution in [1.82, 2.24) is 9.97 Å². The Hall–Kier alpha value is -2.98. The molecule has 1 amide bonds.